The van der Waals surface area contributed by atoms with E-state index in [2.05, 4.69) is 0 Å². The van der Waals surface area contributed by atoms with Gasteiger partial charge in [0.15, 0.2) is 0 Å². The van der Waals surface area contributed by atoms with Gasteiger partial charge in [0.1, 0.15) is 12.2 Å². The van der Waals surface area contributed by atoms with Gasteiger partial charge in [-0.15, -0.1) is 0 Å². The third-order valence-electron chi connectivity index (χ3n) is 2.19. The van der Waals surface area contributed by atoms with E-state index in [-0.39, 0.29) is 0 Å². The van der Waals surface area contributed by atoms with Crippen LogP contribution in [0.15, 0.2) is 24.3 Å². The van der Waals surface area contributed by atoms with Crippen LogP contribution in [0, 0.1) is 0 Å². The molecule has 1 aromatic rings. The summed E-state index contributed by atoms with van der Waals surface area (Å²) in [5, 5.41) is 0. The van der Waals surface area contributed by atoms with Crippen molar-refractivity contribution in [1.29, 1.82) is 0 Å². The molecule has 94 valence electrons. The molecule has 0 atom stereocenters. The van der Waals surface area contributed by atoms with Crippen LogP contribution in [0.1, 0.15) is 6.42 Å². The zero-order chi connectivity index (χ0) is 13.1. The van der Waals surface area contributed by atoms with E-state index >= 15 is 0 Å². The lowest BCUT2D eigenvalue weighted by Gasteiger charge is -2.18. The largest absolute Gasteiger partial charge is 0.497 e. The molecule has 6 heteroatoms. The number of rotatable bonds is 3. The average Bonchev–Trinajstić information content (AvgIpc) is 2.26. The van der Waals surface area contributed by atoms with Gasteiger partial charge in [-0.1, -0.05) is 0 Å². The summed E-state index contributed by atoms with van der Waals surface area (Å²) in [5.41, 5.74) is 0.389. The minimum atomic E-state index is -4.49. The predicted molar refractivity (Wildman–Crippen MR) is 57.1 cm³/mol. The number of benzene rings is 1. The van der Waals surface area contributed by atoms with E-state index in [9.17, 15) is 18.0 Å². The molecule has 0 bridgehead atoms. The van der Waals surface area contributed by atoms with Crippen molar-refractivity contribution < 1.29 is 22.7 Å². The maximum atomic E-state index is 12.0. The fourth-order valence-electron chi connectivity index (χ4n) is 1.24. The maximum absolute atomic E-state index is 12.0. The Kier molecular flexibility index (Phi) is 3.98. The topological polar surface area (TPSA) is 29.5 Å². The van der Waals surface area contributed by atoms with Crippen LogP contribution in [-0.4, -0.2) is 26.2 Å². The molecule has 0 aliphatic rings. The Morgan fingerprint density at radius 2 is 1.82 bits per heavy atom. The highest BCUT2D eigenvalue weighted by atomic mass is 19.4. The Bertz CT molecular complexity index is 387. The van der Waals surface area contributed by atoms with E-state index < -0.39 is 18.5 Å². The van der Waals surface area contributed by atoms with Crippen molar-refractivity contribution in [1.82, 2.24) is 0 Å². The summed E-state index contributed by atoms with van der Waals surface area (Å²) in [5.74, 6) is -0.423. The first kappa shape index (κ1) is 13.3. The molecule has 0 aromatic heterocycles. The van der Waals surface area contributed by atoms with Gasteiger partial charge in [-0.3, -0.25) is 4.79 Å². The molecule has 0 unspecified atom stereocenters. The first-order valence-corrected chi connectivity index (χ1v) is 4.81. The second-order valence-corrected chi connectivity index (χ2v) is 3.44. The van der Waals surface area contributed by atoms with Gasteiger partial charge in [-0.05, 0) is 24.3 Å². The number of hydrogen-bond acceptors (Lipinski definition) is 2. The quantitative estimate of drug-likeness (QED) is 0.821. The van der Waals surface area contributed by atoms with Gasteiger partial charge in [0.25, 0.3) is 0 Å². The molecule has 0 aliphatic carbocycles. The Hall–Kier alpha value is -1.72. The van der Waals surface area contributed by atoms with Gasteiger partial charge in [0, 0.05) is 12.7 Å². The zero-order valence-electron chi connectivity index (χ0n) is 9.41. The highest BCUT2D eigenvalue weighted by molar-refractivity contribution is 5.93. The summed E-state index contributed by atoms with van der Waals surface area (Å²) in [6, 6.07) is 6.19. The second-order valence-electron chi connectivity index (χ2n) is 3.44. The molecule has 1 amide bonds. The van der Waals surface area contributed by atoms with Crippen LogP contribution in [0.4, 0.5) is 18.9 Å². The minimum Gasteiger partial charge on any atom is -0.497 e. The number of amides is 1. The Morgan fingerprint density at radius 3 is 2.24 bits per heavy atom. The SMILES string of the molecule is COc1ccc(N(C)C(=O)CC(F)(F)F)cc1. The van der Waals surface area contributed by atoms with Crippen molar-refractivity contribution in [3.63, 3.8) is 0 Å². The standard InChI is InChI=1S/C11H12F3NO2/c1-15(10(16)7-11(12,13)14)8-3-5-9(17-2)6-4-8/h3-6H,7H2,1-2H3. The van der Waals surface area contributed by atoms with Crippen LogP contribution in [0.5, 0.6) is 5.75 Å². The number of halogens is 3. The van der Waals surface area contributed by atoms with Gasteiger partial charge < -0.3 is 9.64 Å². The Balaban J connectivity index is 2.74. The summed E-state index contributed by atoms with van der Waals surface area (Å²) >= 11 is 0. The van der Waals surface area contributed by atoms with Crippen LogP contribution < -0.4 is 9.64 Å². The van der Waals surface area contributed by atoms with E-state index in [4.69, 9.17) is 4.74 Å². The molecular formula is C11H12F3NO2. The van der Waals surface area contributed by atoms with Crippen LogP contribution in [-0.2, 0) is 4.79 Å². The van der Waals surface area contributed by atoms with Crippen LogP contribution in [0.2, 0.25) is 0 Å². The molecule has 17 heavy (non-hydrogen) atoms. The number of anilines is 1. The van der Waals surface area contributed by atoms with Gasteiger partial charge in [0.2, 0.25) is 5.91 Å². The number of ether oxygens (including phenoxy) is 1. The second kappa shape index (κ2) is 5.07. The normalized spacial score (nSPS) is 11.1. The van der Waals surface area contributed by atoms with Gasteiger partial charge >= 0.3 is 6.18 Å². The van der Waals surface area contributed by atoms with Gasteiger partial charge in [0.05, 0.1) is 7.11 Å². The molecule has 0 N–H and O–H groups in total. The predicted octanol–water partition coefficient (Wildman–Crippen LogP) is 2.61. The van der Waals surface area contributed by atoms with Crippen molar-refractivity contribution in [2.45, 2.75) is 12.6 Å². The summed E-state index contributed by atoms with van der Waals surface area (Å²) in [6.45, 7) is 0. The monoisotopic (exact) mass is 247 g/mol. The van der Waals surface area contributed by atoms with E-state index in [1.807, 2.05) is 0 Å². The number of alkyl halides is 3. The maximum Gasteiger partial charge on any atom is 0.397 e. The number of carbonyl (C=O) groups is 1. The number of nitrogens with zero attached hydrogens (tertiary/aromatic N) is 1. The third kappa shape index (κ3) is 3.97. The minimum absolute atomic E-state index is 0.389. The van der Waals surface area contributed by atoms with Crippen LogP contribution >= 0.6 is 0 Å². The highest BCUT2D eigenvalue weighted by Crippen LogP contribution is 2.23. The summed E-state index contributed by atoms with van der Waals surface area (Å²) in [7, 11) is 2.78. The van der Waals surface area contributed by atoms with Crippen LogP contribution in [0.25, 0.3) is 0 Å². The lowest BCUT2D eigenvalue weighted by Crippen LogP contribution is -2.30. The molecule has 3 nitrogen and oxygen atoms in total. The first-order chi connectivity index (χ1) is 7.83. The highest BCUT2D eigenvalue weighted by Gasteiger charge is 2.32. The van der Waals surface area contributed by atoms with E-state index in [1.54, 1.807) is 12.1 Å². The average molecular weight is 247 g/mol. The Morgan fingerprint density at radius 1 is 1.29 bits per heavy atom. The van der Waals surface area contributed by atoms with Crippen molar-refractivity contribution in [3.05, 3.63) is 24.3 Å². The molecule has 0 saturated carbocycles. The lowest BCUT2D eigenvalue weighted by molar-refractivity contribution is -0.151. The van der Waals surface area contributed by atoms with Crippen LogP contribution in [0.3, 0.4) is 0 Å². The molecule has 0 radical (unpaired) electrons. The van der Waals surface area contributed by atoms with E-state index in [0.29, 0.717) is 11.4 Å². The van der Waals surface area contributed by atoms with Crippen molar-refractivity contribution in [2.75, 3.05) is 19.1 Å². The molecule has 0 spiro atoms. The number of hydrogen-bond donors (Lipinski definition) is 0. The summed E-state index contributed by atoms with van der Waals surface area (Å²) in [4.78, 5) is 12.3. The fraction of sp³-hybridized carbons (Fsp3) is 0.364. The molecule has 0 saturated heterocycles. The smallest absolute Gasteiger partial charge is 0.397 e. The molecule has 1 rings (SSSR count). The number of carbonyl (C=O) groups excluding carboxylic acids is 1. The molecule has 0 aliphatic heterocycles. The first-order valence-electron chi connectivity index (χ1n) is 4.81. The lowest BCUT2D eigenvalue weighted by atomic mass is 10.2. The molecule has 0 fully saturated rings. The fourth-order valence-corrected chi connectivity index (χ4v) is 1.24. The van der Waals surface area contributed by atoms with Gasteiger partial charge in [-0.2, -0.15) is 13.2 Å². The van der Waals surface area contributed by atoms with Gasteiger partial charge in [-0.25, -0.2) is 0 Å². The van der Waals surface area contributed by atoms with E-state index in [0.717, 1.165) is 4.90 Å². The third-order valence-corrected chi connectivity index (χ3v) is 2.19. The Labute approximate surface area is 96.8 Å². The molecular weight excluding hydrogens is 235 g/mol. The summed E-state index contributed by atoms with van der Waals surface area (Å²) in [6.07, 6.45) is -5.95. The summed E-state index contributed by atoms with van der Waals surface area (Å²) < 4.78 is 41.0. The molecule has 0 heterocycles. The number of methoxy groups -OCH3 is 1. The van der Waals surface area contributed by atoms with Crippen molar-refractivity contribution in [2.24, 2.45) is 0 Å². The molecule has 1 aromatic carbocycles. The van der Waals surface area contributed by atoms with Crippen molar-refractivity contribution in [3.8, 4) is 5.75 Å². The van der Waals surface area contributed by atoms with Crippen molar-refractivity contribution >= 4 is 11.6 Å². The van der Waals surface area contributed by atoms with E-state index in [1.165, 1.54) is 26.3 Å². The zero-order valence-corrected chi connectivity index (χ0v) is 9.41.